The van der Waals surface area contributed by atoms with Gasteiger partial charge in [-0.2, -0.15) is 0 Å². The van der Waals surface area contributed by atoms with Crippen LogP contribution in [-0.2, 0) is 6.42 Å². The summed E-state index contributed by atoms with van der Waals surface area (Å²) in [6.07, 6.45) is 7.04. The second kappa shape index (κ2) is 9.05. The van der Waals surface area contributed by atoms with Gasteiger partial charge in [0.1, 0.15) is 5.82 Å². The summed E-state index contributed by atoms with van der Waals surface area (Å²) in [4.78, 5) is 7.28. The molecular weight excluding hydrogens is 351 g/mol. The number of piperidine rings is 2. The summed E-state index contributed by atoms with van der Waals surface area (Å²) in [6.45, 7) is 3.54. The van der Waals surface area contributed by atoms with Crippen LogP contribution in [0.15, 0.2) is 23.2 Å². The third-order valence-electron chi connectivity index (χ3n) is 5.69. The first-order valence-electron chi connectivity index (χ1n) is 9.77. The lowest BCUT2D eigenvalue weighted by molar-refractivity contribution is 0.0526. The van der Waals surface area contributed by atoms with Crippen molar-refractivity contribution in [3.8, 4) is 0 Å². The molecule has 2 aliphatic rings. The highest BCUT2D eigenvalue weighted by Crippen LogP contribution is 2.32. The summed E-state index contributed by atoms with van der Waals surface area (Å²) in [5, 5.41) is 7.46. The zero-order chi connectivity index (χ0) is 18.5. The summed E-state index contributed by atoms with van der Waals surface area (Å²) < 4.78 is 13.1. The molecule has 2 saturated heterocycles. The number of nitrogens with one attached hydrogen (secondary N) is 2. The fourth-order valence-electron chi connectivity index (χ4n) is 4.26. The average molecular weight is 381 g/mol. The summed E-state index contributed by atoms with van der Waals surface area (Å²) in [6, 6.07) is 6.43. The Balaban J connectivity index is 1.57. The van der Waals surface area contributed by atoms with Gasteiger partial charge >= 0.3 is 0 Å². The summed E-state index contributed by atoms with van der Waals surface area (Å²) in [5.74, 6) is 0.573. The minimum Gasteiger partial charge on any atom is -0.357 e. The van der Waals surface area contributed by atoms with Gasteiger partial charge < -0.3 is 15.5 Å². The number of benzene rings is 1. The third-order valence-corrected chi connectivity index (χ3v) is 6.04. The van der Waals surface area contributed by atoms with Crippen molar-refractivity contribution in [2.45, 2.75) is 63.6 Å². The largest absolute Gasteiger partial charge is 0.357 e. The molecule has 2 atom stereocenters. The van der Waals surface area contributed by atoms with Gasteiger partial charge in [-0.1, -0.05) is 24.1 Å². The lowest BCUT2D eigenvalue weighted by Crippen LogP contribution is -2.56. The number of guanidine groups is 1. The van der Waals surface area contributed by atoms with Gasteiger partial charge in [-0.3, -0.25) is 4.99 Å². The molecule has 0 saturated carbocycles. The van der Waals surface area contributed by atoms with Crippen molar-refractivity contribution in [3.63, 3.8) is 0 Å². The zero-order valence-electron chi connectivity index (χ0n) is 15.8. The van der Waals surface area contributed by atoms with Crippen LogP contribution in [0, 0.1) is 5.82 Å². The maximum Gasteiger partial charge on any atom is 0.191 e. The molecule has 0 radical (unpaired) electrons. The van der Waals surface area contributed by atoms with Crippen LogP contribution in [0.1, 0.15) is 44.6 Å². The molecule has 2 N–H and O–H groups in total. The first-order chi connectivity index (χ1) is 12.6. The van der Waals surface area contributed by atoms with Crippen molar-refractivity contribution in [1.82, 2.24) is 15.5 Å². The Hall–Kier alpha value is -1.33. The zero-order valence-corrected chi connectivity index (χ0v) is 16.5. The number of halogens is 2. The molecule has 6 heteroatoms. The molecule has 1 aromatic rings. The van der Waals surface area contributed by atoms with E-state index in [1.165, 1.54) is 44.2 Å². The van der Waals surface area contributed by atoms with Gasteiger partial charge in [-0.15, -0.1) is 0 Å². The van der Waals surface area contributed by atoms with Crippen molar-refractivity contribution in [3.05, 3.63) is 34.6 Å². The molecular formula is C20H30ClFN4. The van der Waals surface area contributed by atoms with Crippen LogP contribution >= 0.6 is 11.6 Å². The van der Waals surface area contributed by atoms with Crippen molar-refractivity contribution in [1.29, 1.82) is 0 Å². The predicted octanol–water partition coefficient (Wildman–Crippen LogP) is 3.59. The van der Waals surface area contributed by atoms with Crippen LogP contribution in [0.3, 0.4) is 0 Å². The number of hydrogen-bond donors (Lipinski definition) is 2. The molecule has 0 aliphatic carbocycles. The smallest absolute Gasteiger partial charge is 0.191 e. The van der Waals surface area contributed by atoms with Gasteiger partial charge in [0.2, 0.25) is 0 Å². The van der Waals surface area contributed by atoms with Gasteiger partial charge in [-0.05, 0) is 63.8 Å². The highest BCUT2D eigenvalue weighted by molar-refractivity contribution is 6.31. The van der Waals surface area contributed by atoms with E-state index in [4.69, 9.17) is 16.6 Å². The monoisotopic (exact) mass is 380 g/mol. The van der Waals surface area contributed by atoms with E-state index in [-0.39, 0.29) is 5.82 Å². The van der Waals surface area contributed by atoms with Crippen LogP contribution in [0.5, 0.6) is 0 Å². The van der Waals surface area contributed by atoms with Crippen LogP contribution in [0.25, 0.3) is 0 Å². The quantitative estimate of drug-likeness (QED) is 0.605. The molecule has 0 spiro atoms. The maximum atomic E-state index is 13.1. The van der Waals surface area contributed by atoms with E-state index < -0.39 is 0 Å². The van der Waals surface area contributed by atoms with Gasteiger partial charge in [0.05, 0.1) is 0 Å². The SMILES string of the molecule is CCNC(=NCCc1ccc(F)cc1Cl)NC1CC2CCCC(C1)N2C. The highest BCUT2D eigenvalue weighted by atomic mass is 35.5. The molecule has 3 rings (SSSR count). The third kappa shape index (κ3) is 4.89. The Labute approximate surface area is 161 Å². The fourth-order valence-corrected chi connectivity index (χ4v) is 4.52. The van der Waals surface area contributed by atoms with Gasteiger partial charge in [0.15, 0.2) is 5.96 Å². The standard InChI is InChI=1S/C20H30ClFN4/c1-3-23-20(24-10-9-14-7-8-15(22)11-19(14)21)25-16-12-17-5-4-6-18(13-16)26(17)2/h7-8,11,16-18H,3-6,9-10,12-13H2,1-2H3,(H2,23,24,25). The van der Waals surface area contributed by atoms with Crippen LogP contribution in [-0.4, -0.2) is 49.1 Å². The van der Waals surface area contributed by atoms with Crippen LogP contribution in [0.4, 0.5) is 4.39 Å². The van der Waals surface area contributed by atoms with Gasteiger partial charge in [0.25, 0.3) is 0 Å². The summed E-state index contributed by atoms with van der Waals surface area (Å²) in [5.41, 5.74) is 0.932. The van der Waals surface area contributed by atoms with E-state index in [1.807, 2.05) is 0 Å². The van der Waals surface area contributed by atoms with Gasteiger partial charge in [0, 0.05) is 36.2 Å². The fraction of sp³-hybridized carbons (Fsp3) is 0.650. The molecule has 2 fully saturated rings. The second-order valence-electron chi connectivity index (χ2n) is 7.46. The normalized spacial score (nSPS) is 26.6. The molecule has 1 aromatic carbocycles. The van der Waals surface area contributed by atoms with E-state index in [2.05, 4.69) is 29.5 Å². The van der Waals surface area contributed by atoms with Crippen LogP contribution in [0.2, 0.25) is 5.02 Å². The molecule has 144 valence electrons. The second-order valence-corrected chi connectivity index (χ2v) is 7.87. The number of fused-ring (bicyclic) bond motifs is 2. The summed E-state index contributed by atoms with van der Waals surface area (Å²) in [7, 11) is 2.27. The first kappa shape index (κ1) is 19.4. The molecule has 4 nitrogen and oxygen atoms in total. The lowest BCUT2D eigenvalue weighted by Gasteiger charge is -2.47. The van der Waals surface area contributed by atoms with E-state index in [0.717, 1.165) is 18.1 Å². The van der Waals surface area contributed by atoms with Crippen molar-refractivity contribution in [2.24, 2.45) is 4.99 Å². The molecule has 0 amide bonds. The van der Waals surface area contributed by atoms with Crippen LogP contribution < -0.4 is 10.6 Å². The Morgan fingerprint density at radius 1 is 1.31 bits per heavy atom. The predicted molar refractivity (Wildman–Crippen MR) is 106 cm³/mol. The van der Waals surface area contributed by atoms with E-state index in [1.54, 1.807) is 6.07 Å². The minimum absolute atomic E-state index is 0.301. The first-order valence-corrected chi connectivity index (χ1v) is 10.1. The van der Waals surface area contributed by atoms with E-state index in [0.29, 0.717) is 36.1 Å². The Morgan fingerprint density at radius 2 is 2.04 bits per heavy atom. The Kier molecular flexibility index (Phi) is 6.76. The van der Waals surface area contributed by atoms with Crippen molar-refractivity contribution < 1.29 is 4.39 Å². The Bertz CT molecular complexity index is 622. The summed E-state index contributed by atoms with van der Waals surface area (Å²) >= 11 is 6.11. The molecule has 2 bridgehead atoms. The molecule has 0 aromatic heterocycles. The maximum absolute atomic E-state index is 13.1. The topological polar surface area (TPSA) is 39.7 Å². The Morgan fingerprint density at radius 3 is 2.69 bits per heavy atom. The lowest BCUT2D eigenvalue weighted by atomic mass is 9.82. The molecule has 2 heterocycles. The van der Waals surface area contributed by atoms with E-state index >= 15 is 0 Å². The highest BCUT2D eigenvalue weighted by Gasteiger charge is 2.36. The number of hydrogen-bond acceptors (Lipinski definition) is 2. The number of aliphatic imine (C=N–C) groups is 1. The van der Waals surface area contributed by atoms with Gasteiger partial charge in [-0.25, -0.2) is 4.39 Å². The number of rotatable bonds is 5. The van der Waals surface area contributed by atoms with E-state index in [9.17, 15) is 4.39 Å². The molecule has 2 unspecified atom stereocenters. The number of nitrogens with zero attached hydrogens (tertiary/aromatic N) is 2. The molecule has 26 heavy (non-hydrogen) atoms. The average Bonchev–Trinajstić information content (AvgIpc) is 2.58. The van der Waals surface area contributed by atoms with Crippen molar-refractivity contribution in [2.75, 3.05) is 20.1 Å². The minimum atomic E-state index is -0.301. The van der Waals surface area contributed by atoms with Crippen molar-refractivity contribution >= 4 is 17.6 Å². The molecule has 2 aliphatic heterocycles.